The first kappa shape index (κ1) is 18.0. The number of nitrogens with one attached hydrogen (secondary N) is 1. The molecule has 1 atom stereocenters. The molecular weight excluding hydrogens is 341 g/mol. The van der Waals surface area contributed by atoms with Crippen LogP contribution in [0.25, 0.3) is 22.3 Å². The van der Waals surface area contributed by atoms with Gasteiger partial charge in [-0.05, 0) is 22.8 Å². The fourth-order valence-electron chi connectivity index (χ4n) is 3.14. The van der Waals surface area contributed by atoms with Crippen LogP contribution in [0.3, 0.4) is 0 Å². The maximum Gasteiger partial charge on any atom is 0.135 e. The lowest BCUT2D eigenvalue weighted by Gasteiger charge is -2.19. The van der Waals surface area contributed by atoms with Crippen LogP contribution in [0.5, 0.6) is 0 Å². The van der Waals surface area contributed by atoms with E-state index in [1.54, 1.807) is 0 Å². The molecule has 28 heavy (non-hydrogen) atoms. The molecular formula is C24H20BN3. The van der Waals surface area contributed by atoms with Crippen molar-refractivity contribution < 1.29 is 0 Å². The molecule has 3 nitrogen and oxygen atoms in total. The minimum atomic E-state index is -0.391. The topological polar surface area (TPSA) is 50.9 Å². The van der Waals surface area contributed by atoms with E-state index in [4.69, 9.17) is 18.6 Å². The zero-order chi connectivity index (χ0) is 19.3. The van der Waals surface area contributed by atoms with E-state index in [0.717, 1.165) is 33.6 Å². The number of nitrogens with two attached hydrogens (primary N) is 1. The van der Waals surface area contributed by atoms with Gasteiger partial charge in [0, 0.05) is 17.3 Å². The summed E-state index contributed by atoms with van der Waals surface area (Å²) in [4.78, 5) is 4.70. The molecule has 1 heterocycles. The van der Waals surface area contributed by atoms with Crippen LogP contribution in [0.4, 0.5) is 5.82 Å². The van der Waals surface area contributed by atoms with Crippen molar-refractivity contribution in [1.29, 1.82) is 0 Å². The molecule has 134 valence electrons. The Bertz CT molecular complexity index is 1050. The van der Waals surface area contributed by atoms with Crippen molar-refractivity contribution in [2.75, 3.05) is 5.32 Å². The molecule has 1 aromatic heterocycles. The zero-order valence-corrected chi connectivity index (χ0v) is 15.4. The van der Waals surface area contributed by atoms with Crippen molar-refractivity contribution in [3.05, 3.63) is 103 Å². The van der Waals surface area contributed by atoms with Crippen LogP contribution < -0.4 is 16.5 Å². The van der Waals surface area contributed by atoms with Gasteiger partial charge in [0.15, 0.2) is 0 Å². The Balaban J connectivity index is 1.73. The van der Waals surface area contributed by atoms with Crippen LogP contribution in [-0.4, -0.2) is 12.8 Å². The van der Waals surface area contributed by atoms with Gasteiger partial charge in [0.05, 0.1) is 0 Å². The molecule has 2 radical (unpaired) electrons. The van der Waals surface area contributed by atoms with E-state index in [9.17, 15) is 0 Å². The quantitative estimate of drug-likeness (QED) is 0.412. The highest BCUT2D eigenvalue weighted by Crippen LogP contribution is 2.32. The first-order valence-electron chi connectivity index (χ1n) is 9.19. The SMILES string of the molecule is [B]c1ccc(C(N)Nc2ncc(-c3ccccc3)cc2-c2ccccc2)cc1. The maximum atomic E-state index is 6.38. The van der Waals surface area contributed by atoms with E-state index >= 15 is 0 Å². The second-order valence-corrected chi connectivity index (χ2v) is 6.64. The van der Waals surface area contributed by atoms with Crippen molar-refractivity contribution in [1.82, 2.24) is 4.98 Å². The molecule has 0 saturated carbocycles. The van der Waals surface area contributed by atoms with Crippen molar-refractivity contribution in [3.63, 3.8) is 0 Å². The number of rotatable bonds is 5. The lowest BCUT2D eigenvalue weighted by atomic mass is 9.95. The van der Waals surface area contributed by atoms with Crippen LogP contribution in [0, 0.1) is 0 Å². The average Bonchev–Trinajstić information content (AvgIpc) is 2.75. The highest BCUT2D eigenvalue weighted by atomic mass is 15.1. The molecule has 0 aliphatic carbocycles. The summed E-state index contributed by atoms with van der Waals surface area (Å²) in [5.41, 5.74) is 12.3. The first-order chi connectivity index (χ1) is 13.7. The van der Waals surface area contributed by atoms with Crippen LogP contribution in [0.2, 0.25) is 0 Å². The predicted molar refractivity (Wildman–Crippen MR) is 117 cm³/mol. The van der Waals surface area contributed by atoms with Gasteiger partial charge >= 0.3 is 0 Å². The molecule has 3 aromatic carbocycles. The Morgan fingerprint density at radius 3 is 2.00 bits per heavy atom. The van der Waals surface area contributed by atoms with E-state index < -0.39 is 6.17 Å². The van der Waals surface area contributed by atoms with Crippen molar-refractivity contribution in [2.24, 2.45) is 5.73 Å². The highest BCUT2D eigenvalue weighted by molar-refractivity contribution is 6.32. The van der Waals surface area contributed by atoms with Gasteiger partial charge in [-0.3, -0.25) is 0 Å². The summed E-state index contributed by atoms with van der Waals surface area (Å²) in [7, 11) is 5.78. The van der Waals surface area contributed by atoms with Gasteiger partial charge in [-0.2, -0.15) is 0 Å². The maximum absolute atomic E-state index is 6.38. The molecule has 0 amide bonds. The molecule has 0 aliphatic rings. The molecule has 4 rings (SSSR count). The third-order valence-corrected chi connectivity index (χ3v) is 4.67. The van der Waals surface area contributed by atoms with Crippen molar-refractivity contribution in [3.8, 4) is 22.3 Å². The van der Waals surface area contributed by atoms with Gasteiger partial charge in [-0.1, -0.05) is 90.4 Å². The largest absolute Gasteiger partial charge is 0.350 e. The molecule has 3 N–H and O–H groups in total. The molecule has 0 fully saturated rings. The van der Waals surface area contributed by atoms with Gasteiger partial charge in [0.2, 0.25) is 0 Å². The second-order valence-electron chi connectivity index (χ2n) is 6.64. The fourth-order valence-corrected chi connectivity index (χ4v) is 3.14. The van der Waals surface area contributed by atoms with Crippen LogP contribution in [0.15, 0.2) is 97.2 Å². The van der Waals surface area contributed by atoms with Gasteiger partial charge in [0.25, 0.3) is 0 Å². The summed E-state index contributed by atoms with van der Waals surface area (Å²) in [6.07, 6.45) is 1.48. The third kappa shape index (κ3) is 3.97. The van der Waals surface area contributed by atoms with E-state index in [1.165, 1.54) is 0 Å². The van der Waals surface area contributed by atoms with E-state index in [1.807, 2.05) is 66.9 Å². The molecule has 0 aliphatic heterocycles. The average molecular weight is 361 g/mol. The summed E-state index contributed by atoms with van der Waals surface area (Å²) >= 11 is 0. The third-order valence-electron chi connectivity index (χ3n) is 4.67. The smallest absolute Gasteiger partial charge is 0.135 e. The molecule has 4 aromatic rings. The number of anilines is 1. The highest BCUT2D eigenvalue weighted by Gasteiger charge is 2.13. The van der Waals surface area contributed by atoms with Gasteiger partial charge in [-0.25, -0.2) is 4.98 Å². The zero-order valence-electron chi connectivity index (χ0n) is 15.4. The number of nitrogens with zero attached hydrogens (tertiary/aromatic N) is 1. The molecule has 1 unspecified atom stereocenters. The Labute approximate surface area is 166 Å². The number of hydrogen-bond donors (Lipinski definition) is 2. The summed E-state index contributed by atoms with van der Waals surface area (Å²) < 4.78 is 0. The minimum Gasteiger partial charge on any atom is -0.350 e. The molecule has 4 heteroatoms. The van der Waals surface area contributed by atoms with E-state index in [2.05, 4.69) is 35.6 Å². The number of benzene rings is 3. The summed E-state index contributed by atoms with van der Waals surface area (Å²) in [5, 5.41) is 3.35. The fraction of sp³-hybridized carbons (Fsp3) is 0.0417. The van der Waals surface area contributed by atoms with Crippen molar-refractivity contribution >= 4 is 19.1 Å². The summed E-state index contributed by atoms with van der Waals surface area (Å²) in [6.45, 7) is 0. The molecule has 0 spiro atoms. The van der Waals surface area contributed by atoms with Crippen LogP contribution >= 0.6 is 0 Å². The molecule has 0 bridgehead atoms. The number of aromatic nitrogens is 1. The van der Waals surface area contributed by atoms with Crippen LogP contribution in [0.1, 0.15) is 11.7 Å². The Morgan fingerprint density at radius 2 is 1.36 bits per heavy atom. The first-order valence-corrected chi connectivity index (χ1v) is 9.19. The normalized spacial score (nSPS) is 11.8. The lowest BCUT2D eigenvalue weighted by molar-refractivity contribution is 0.829. The monoisotopic (exact) mass is 361 g/mol. The Morgan fingerprint density at radius 1 is 0.750 bits per heavy atom. The number of hydrogen-bond acceptors (Lipinski definition) is 3. The van der Waals surface area contributed by atoms with Gasteiger partial charge in [0.1, 0.15) is 19.8 Å². The standard InChI is InChI=1S/C24H20BN3/c25-21-13-11-19(12-14-21)23(26)28-24-22(18-9-5-2-6-10-18)15-20(16-27-24)17-7-3-1-4-8-17/h1-16,23H,26H2,(H,27,28). The second kappa shape index (κ2) is 8.11. The minimum absolute atomic E-state index is 0.391. The van der Waals surface area contributed by atoms with E-state index in [0.29, 0.717) is 5.46 Å². The summed E-state index contributed by atoms with van der Waals surface area (Å²) in [5.74, 6) is 0.746. The van der Waals surface area contributed by atoms with Gasteiger partial charge < -0.3 is 11.1 Å². The van der Waals surface area contributed by atoms with Crippen molar-refractivity contribution in [2.45, 2.75) is 6.17 Å². The van der Waals surface area contributed by atoms with E-state index in [-0.39, 0.29) is 0 Å². The molecule has 0 saturated heterocycles. The Hall–Kier alpha value is -3.37. The van der Waals surface area contributed by atoms with Gasteiger partial charge in [-0.15, -0.1) is 0 Å². The Kier molecular flexibility index (Phi) is 5.22. The summed E-state index contributed by atoms with van der Waals surface area (Å²) in [6, 6.07) is 30.1. The lowest BCUT2D eigenvalue weighted by Crippen LogP contribution is -2.21. The van der Waals surface area contributed by atoms with Crippen LogP contribution in [-0.2, 0) is 0 Å². The predicted octanol–water partition coefficient (Wildman–Crippen LogP) is 4.28. The number of pyridine rings is 1.